The average Bonchev–Trinajstić information content (AvgIpc) is 2.58. The fraction of sp³-hybridized carbons (Fsp3) is 0.300. The zero-order chi connectivity index (χ0) is 19.1. The predicted octanol–water partition coefficient (Wildman–Crippen LogP) is 3.82. The van der Waals surface area contributed by atoms with Crippen molar-refractivity contribution in [3.8, 4) is 0 Å². The number of primary amides is 1. The molecule has 0 spiro atoms. The Labute approximate surface area is 152 Å². The number of benzene rings is 2. The molecular weight excluding hydrogens is 333 g/mol. The summed E-state index contributed by atoms with van der Waals surface area (Å²) < 4.78 is 13.4. The lowest BCUT2D eigenvalue weighted by molar-refractivity contribution is -0.118. The molecule has 0 heterocycles. The molecule has 0 fully saturated rings. The van der Waals surface area contributed by atoms with Gasteiger partial charge in [-0.25, -0.2) is 4.39 Å². The molecule has 2 amide bonds. The van der Waals surface area contributed by atoms with Crippen LogP contribution in [0.3, 0.4) is 0 Å². The molecule has 0 aliphatic rings. The summed E-state index contributed by atoms with van der Waals surface area (Å²) in [6.07, 6.45) is 2.64. The number of rotatable bonds is 8. The molecule has 0 aliphatic carbocycles. The summed E-state index contributed by atoms with van der Waals surface area (Å²) in [4.78, 5) is 25.1. The van der Waals surface area contributed by atoms with E-state index in [1.165, 1.54) is 23.1 Å². The number of unbranched alkanes of at least 4 members (excludes halogenated alkanes) is 2. The van der Waals surface area contributed by atoms with Crippen LogP contribution in [0, 0.1) is 12.7 Å². The Morgan fingerprint density at radius 2 is 1.65 bits per heavy atom. The summed E-state index contributed by atoms with van der Waals surface area (Å²) in [5.74, 6) is -0.920. The molecule has 0 radical (unpaired) electrons. The van der Waals surface area contributed by atoms with Gasteiger partial charge >= 0.3 is 0 Å². The van der Waals surface area contributed by atoms with Crippen LogP contribution in [0.2, 0.25) is 0 Å². The summed E-state index contributed by atoms with van der Waals surface area (Å²) in [5.41, 5.74) is 13.5. The van der Waals surface area contributed by atoms with Gasteiger partial charge in [-0.2, -0.15) is 0 Å². The lowest BCUT2D eigenvalue weighted by Crippen LogP contribution is -2.26. The molecule has 6 heteroatoms. The highest BCUT2D eigenvalue weighted by Gasteiger charge is 2.20. The number of hydrogen-bond donors (Lipinski definition) is 2. The van der Waals surface area contributed by atoms with Crippen LogP contribution in [-0.4, -0.2) is 11.8 Å². The van der Waals surface area contributed by atoms with E-state index in [1.54, 1.807) is 0 Å². The highest BCUT2D eigenvalue weighted by molar-refractivity contribution is 6.03. The molecule has 0 bridgehead atoms. The second-order valence-electron chi connectivity index (χ2n) is 6.29. The van der Waals surface area contributed by atoms with Gasteiger partial charge in [-0.1, -0.05) is 24.1 Å². The van der Waals surface area contributed by atoms with E-state index in [-0.39, 0.29) is 17.5 Å². The number of carbonyl (C=O) groups excluding carboxylic acids is 2. The second kappa shape index (κ2) is 8.99. The molecule has 4 N–H and O–H groups in total. The maximum absolute atomic E-state index is 13.4. The summed E-state index contributed by atoms with van der Waals surface area (Å²) >= 11 is 0. The van der Waals surface area contributed by atoms with Gasteiger partial charge in [-0.05, 0) is 50.1 Å². The van der Waals surface area contributed by atoms with Crippen molar-refractivity contribution < 1.29 is 14.0 Å². The van der Waals surface area contributed by atoms with Gasteiger partial charge in [-0.15, -0.1) is 0 Å². The first kappa shape index (κ1) is 19.4. The summed E-state index contributed by atoms with van der Waals surface area (Å²) in [5, 5.41) is 0. The minimum absolute atomic E-state index is 0.133. The van der Waals surface area contributed by atoms with Crippen LogP contribution in [0.4, 0.5) is 21.5 Å². The van der Waals surface area contributed by atoms with Crippen molar-refractivity contribution >= 4 is 28.9 Å². The number of hydrogen-bond acceptors (Lipinski definition) is 3. The standard InChI is InChI=1S/C20H24FN3O2/c1-14-7-10-16(11-8-14)24(18-12-9-15(21)13-17(18)22)20(26)6-4-2-3-5-19(23)25/h7-13H,2-6,22H2,1H3,(H2,23,25). The van der Waals surface area contributed by atoms with E-state index in [0.29, 0.717) is 37.1 Å². The van der Waals surface area contributed by atoms with Gasteiger partial charge in [0.15, 0.2) is 0 Å². The van der Waals surface area contributed by atoms with Crippen molar-refractivity contribution in [3.63, 3.8) is 0 Å². The Hall–Kier alpha value is -2.89. The van der Waals surface area contributed by atoms with Gasteiger partial charge in [0.25, 0.3) is 0 Å². The number of aryl methyl sites for hydroxylation is 1. The Morgan fingerprint density at radius 3 is 2.27 bits per heavy atom. The SMILES string of the molecule is Cc1ccc(N(C(=O)CCCCCC(N)=O)c2ccc(F)cc2N)cc1. The quantitative estimate of drug-likeness (QED) is 0.556. The summed E-state index contributed by atoms with van der Waals surface area (Å²) in [6, 6.07) is 11.5. The van der Waals surface area contributed by atoms with Crippen LogP contribution in [0.15, 0.2) is 42.5 Å². The molecule has 2 aromatic rings. The van der Waals surface area contributed by atoms with E-state index < -0.39 is 5.82 Å². The molecule has 2 rings (SSSR count). The molecular formula is C20H24FN3O2. The van der Waals surface area contributed by atoms with Gasteiger partial charge in [0.1, 0.15) is 5.82 Å². The topological polar surface area (TPSA) is 89.4 Å². The van der Waals surface area contributed by atoms with E-state index in [1.807, 2.05) is 31.2 Å². The minimum Gasteiger partial charge on any atom is -0.397 e. The van der Waals surface area contributed by atoms with Crippen LogP contribution < -0.4 is 16.4 Å². The van der Waals surface area contributed by atoms with Crippen molar-refractivity contribution in [3.05, 3.63) is 53.8 Å². The number of nitrogens with zero attached hydrogens (tertiary/aromatic N) is 1. The summed E-state index contributed by atoms with van der Waals surface area (Å²) in [6.45, 7) is 1.96. The lowest BCUT2D eigenvalue weighted by Gasteiger charge is -2.24. The van der Waals surface area contributed by atoms with Gasteiger partial charge in [0, 0.05) is 18.5 Å². The third-order valence-corrected chi connectivity index (χ3v) is 4.09. The molecule has 0 saturated carbocycles. The number of amides is 2. The zero-order valence-electron chi connectivity index (χ0n) is 14.9. The second-order valence-corrected chi connectivity index (χ2v) is 6.29. The normalized spacial score (nSPS) is 10.5. The van der Waals surface area contributed by atoms with Crippen LogP contribution in [0.25, 0.3) is 0 Å². The number of carbonyl (C=O) groups is 2. The van der Waals surface area contributed by atoms with E-state index in [2.05, 4.69) is 0 Å². The van der Waals surface area contributed by atoms with Gasteiger partial charge in [0.2, 0.25) is 11.8 Å². The maximum atomic E-state index is 13.4. The van der Waals surface area contributed by atoms with E-state index >= 15 is 0 Å². The summed E-state index contributed by atoms with van der Waals surface area (Å²) in [7, 11) is 0. The molecule has 138 valence electrons. The van der Waals surface area contributed by atoms with Crippen LogP contribution in [0.1, 0.15) is 37.7 Å². The molecule has 0 saturated heterocycles. The Kier molecular flexibility index (Phi) is 6.72. The molecule has 0 aliphatic heterocycles. The van der Waals surface area contributed by atoms with E-state index in [9.17, 15) is 14.0 Å². The largest absolute Gasteiger partial charge is 0.397 e. The maximum Gasteiger partial charge on any atom is 0.231 e. The fourth-order valence-corrected chi connectivity index (χ4v) is 2.70. The van der Waals surface area contributed by atoms with E-state index in [0.717, 1.165) is 12.0 Å². The van der Waals surface area contributed by atoms with Gasteiger partial charge in [-0.3, -0.25) is 14.5 Å². The highest BCUT2D eigenvalue weighted by Crippen LogP contribution is 2.32. The molecule has 5 nitrogen and oxygen atoms in total. The number of nitrogens with two attached hydrogens (primary N) is 2. The molecule has 26 heavy (non-hydrogen) atoms. The monoisotopic (exact) mass is 357 g/mol. The minimum atomic E-state index is -0.450. The first-order valence-corrected chi connectivity index (χ1v) is 8.61. The Morgan fingerprint density at radius 1 is 1.00 bits per heavy atom. The van der Waals surface area contributed by atoms with Crippen molar-refractivity contribution in [2.45, 2.75) is 39.0 Å². The van der Waals surface area contributed by atoms with E-state index in [4.69, 9.17) is 11.5 Å². The highest BCUT2D eigenvalue weighted by atomic mass is 19.1. The lowest BCUT2D eigenvalue weighted by atomic mass is 10.1. The first-order chi connectivity index (χ1) is 12.4. The molecule has 2 aromatic carbocycles. The predicted molar refractivity (Wildman–Crippen MR) is 101 cm³/mol. The van der Waals surface area contributed by atoms with Crippen LogP contribution in [0.5, 0.6) is 0 Å². The van der Waals surface area contributed by atoms with Crippen molar-refractivity contribution in [2.24, 2.45) is 5.73 Å². The fourth-order valence-electron chi connectivity index (χ4n) is 2.70. The Bertz CT molecular complexity index is 775. The first-order valence-electron chi connectivity index (χ1n) is 8.61. The smallest absolute Gasteiger partial charge is 0.231 e. The number of anilines is 3. The third kappa shape index (κ3) is 5.31. The molecule has 0 aromatic heterocycles. The third-order valence-electron chi connectivity index (χ3n) is 4.09. The zero-order valence-corrected chi connectivity index (χ0v) is 14.9. The van der Waals surface area contributed by atoms with Crippen molar-refractivity contribution in [1.29, 1.82) is 0 Å². The van der Waals surface area contributed by atoms with Crippen molar-refractivity contribution in [1.82, 2.24) is 0 Å². The van der Waals surface area contributed by atoms with Gasteiger partial charge in [0.05, 0.1) is 11.4 Å². The van der Waals surface area contributed by atoms with Crippen LogP contribution >= 0.6 is 0 Å². The van der Waals surface area contributed by atoms with Crippen molar-refractivity contribution in [2.75, 3.05) is 10.6 Å². The number of nitrogen functional groups attached to an aromatic ring is 1. The van der Waals surface area contributed by atoms with Crippen LogP contribution in [-0.2, 0) is 9.59 Å². The number of halogens is 1. The Balaban J connectivity index is 2.19. The average molecular weight is 357 g/mol. The molecule has 0 unspecified atom stereocenters. The molecule has 0 atom stereocenters. The van der Waals surface area contributed by atoms with Gasteiger partial charge < -0.3 is 11.5 Å².